The van der Waals surface area contributed by atoms with Crippen LogP contribution in [0.15, 0.2) is 48.9 Å². The zero-order valence-corrected chi connectivity index (χ0v) is 13.8. The Balaban J connectivity index is 1.81. The number of pyridine rings is 1. The molecule has 3 heterocycles. The Kier molecular flexibility index (Phi) is 3.53. The number of rotatable bonds is 3. The molecule has 7 heteroatoms. The molecular weight excluding hydrogens is 316 g/mol. The van der Waals surface area contributed by atoms with Gasteiger partial charge in [0.1, 0.15) is 0 Å². The number of hydrogen-bond acceptors (Lipinski definition) is 4. The van der Waals surface area contributed by atoms with Crippen molar-refractivity contribution in [1.29, 1.82) is 0 Å². The second-order valence-corrected chi connectivity index (χ2v) is 5.96. The fourth-order valence-corrected chi connectivity index (χ4v) is 2.76. The van der Waals surface area contributed by atoms with Gasteiger partial charge in [0.25, 0.3) is 5.91 Å². The van der Waals surface area contributed by atoms with Gasteiger partial charge in [-0.25, -0.2) is 4.98 Å². The van der Waals surface area contributed by atoms with Crippen molar-refractivity contribution in [2.75, 3.05) is 14.1 Å². The van der Waals surface area contributed by atoms with Crippen LogP contribution < -0.4 is 0 Å². The molecule has 124 valence electrons. The molecule has 0 bridgehead atoms. The second-order valence-electron chi connectivity index (χ2n) is 5.96. The van der Waals surface area contributed by atoms with E-state index in [4.69, 9.17) is 0 Å². The lowest BCUT2D eigenvalue weighted by Crippen LogP contribution is -2.21. The van der Waals surface area contributed by atoms with Crippen LogP contribution in [0.25, 0.3) is 33.4 Å². The summed E-state index contributed by atoms with van der Waals surface area (Å²) < 4.78 is 0. The maximum atomic E-state index is 12.2. The van der Waals surface area contributed by atoms with Gasteiger partial charge in [0.15, 0.2) is 5.65 Å². The van der Waals surface area contributed by atoms with Gasteiger partial charge in [-0.2, -0.15) is 10.2 Å². The predicted octanol–water partition coefficient (Wildman–Crippen LogP) is 2.72. The molecule has 25 heavy (non-hydrogen) atoms. The number of carbonyl (C=O) groups is 1. The van der Waals surface area contributed by atoms with Gasteiger partial charge in [-0.15, -0.1) is 0 Å². The molecule has 0 radical (unpaired) electrons. The highest BCUT2D eigenvalue weighted by Gasteiger charge is 2.13. The van der Waals surface area contributed by atoms with Gasteiger partial charge in [0.2, 0.25) is 0 Å². The molecule has 0 aliphatic carbocycles. The molecule has 0 atom stereocenters. The van der Waals surface area contributed by atoms with Gasteiger partial charge in [0, 0.05) is 48.6 Å². The van der Waals surface area contributed by atoms with Crippen molar-refractivity contribution in [2.24, 2.45) is 0 Å². The number of H-pyrrole nitrogens is 2. The number of hydrogen-bond donors (Lipinski definition) is 2. The van der Waals surface area contributed by atoms with Crippen LogP contribution in [0.3, 0.4) is 0 Å². The number of aromatic amines is 2. The van der Waals surface area contributed by atoms with E-state index in [0.29, 0.717) is 11.2 Å². The Bertz CT molecular complexity index is 1050. The number of fused-ring (bicyclic) bond motifs is 1. The molecule has 2 N–H and O–H groups in total. The normalized spacial score (nSPS) is 11.0. The molecule has 4 rings (SSSR count). The van der Waals surface area contributed by atoms with Gasteiger partial charge in [-0.05, 0) is 23.8 Å². The highest BCUT2D eigenvalue weighted by atomic mass is 16.2. The molecule has 0 spiro atoms. The third kappa shape index (κ3) is 2.65. The van der Waals surface area contributed by atoms with E-state index in [2.05, 4.69) is 25.4 Å². The lowest BCUT2D eigenvalue weighted by atomic mass is 10.0. The minimum absolute atomic E-state index is 0.0294. The van der Waals surface area contributed by atoms with E-state index in [1.165, 1.54) is 0 Å². The number of amides is 1. The largest absolute Gasteiger partial charge is 0.345 e. The molecule has 0 aliphatic heterocycles. The van der Waals surface area contributed by atoms with E-state index in [1.807, 2.05) is 30.3 Å². The van der Waals surface area contributed by atoms with Crippen molar-refractivity contribution in [3.05, 3.63) is 54.5 Å². The SMILES string of the molecule is CN(C)C(=O)c1cccc(-c2cnc3n[nH]c(-c4cn[nH]c4)c3c2)c1. The van der Waals surface area contributed by atoms with Crippen LogP contribution in [0, 0.1) is 0 Å². The first kappa shape index (κ1) is 15.1. The monoisotopic (exact) mass is 332 g/mol. The summed E-state index contributed by atoms with van der Waals surface area (Å²) in [7, 11) is 3.48. The molecule has 0 unspecified atom stereocenters. The van der Waals surface area contributed by atoms with Crippen molar-refractivity contribution in [1.82, 2.24) is 30.3 Å². The molecule has 0 aliphatic rings. The van der Waals surface area contributed by atoms with E-state index >= 15 is 0 Å². The molecule has 7 nitrogen and oxygen atoms in total. The Morgan fingerprint density at radius 1 is 1.08 bits per heavy atom. The summed E-state index contributed by atoms with van der Waals surface area (Å²) in [6.07, 6.45) is 5.30. The average molecular weight is 332 g/mol. The maximum Gasteiger partial charge on any atom is 0.253 e. The van der Waals surface area contributed by atoms with E-state index in [1.54, 1.807) is 37.6 Å². The van der Waals surface area contributed by atoms with Crippen LogP contribution in [0.2, 0.25) is 0 Å². The first-order chi connectivity index (χ1) is 12.1. The summed E-state index contributed by atoms with van der Waals surface area (Å²) in [5.41, 5.74) is 4.91. The minimum atomic E-state index is -0.0294. The molecular formula is C18H16N6O. The Morgan fingerprint density at radius 2 is 1.96 bits per heavy atom. The summed E-state index contributed by atoms with van der Waals surface area (Å²) in [6, 6.07) is 9.55. The Labute approximate surface area is 143 Å². The minimum Gasteiger partial charge on any atom is -0.345 e. The molecule has 1 aromatic carbocycles. The Hall–Kier alpha value is -3.48. The van der Waals surface area contributed by atoms with Crippen LogP contribution in [0.4, 0.5) is 0 Å². The third-order valence-corrected chi connectivity index (χ3v) is 4.05. The van der Waals surface area contributed by atoms with Gasteiger partial charge in [-0.3, -0.25) is 15.0 Å². The number of carbonyl (C=O) groups excluding carboxylic acids is 1. The number of aromatic nitrogens is 5. The summed E-state index contributed by atoms with van der Waals surface area (Å²) in [6.45, 7) is 0. The Morgan fingerprint density at radius 3 is 2.72 bits per heavy atom. The fourth-order valence-electron chi connectivity index (χ4n) is 2.76. The molecule has 3 aromatic heterocycles. The quantitative estimate of drug-likeness (QED) is 0.603. The summed E-state index contributed by atoms with van der Waals surface area (Å²) >= 11 is 0. The number of nitrogens with one attached hydrogen (secondary N) is 2. The summed E-state index contributed by atoms with van der Waals surface area (Å²) in [5, 5.41) is 14.9. The van der Waals surface area contributed by atoms with Crippen LogP contribution >= 0.6 is 0 Å². The topological polar surface area (TPSA) is 90.6 Å². The van der Waals surface area contributed by atoms with Crippen LogP contribution in [0.1, 0.15) is 10.4 Å². The highest BCUT2D eigenvalue weighted by Crippen LogP contribution is 2.29. The summed E-state index contributed by atoms with van der Waals surface area (Å²) in [5.74, 6) is -0.0294. The van der Waals surface area contributed by atoms with E-state index in [-0.39, 0.29) is 5.91 Å². The second kappa shape index (κ2) is 5.86. The number of benzene rings is 1. The number of nitrogens with zero attached hydrogens (tertiary/aromatic N) is 4. The smallest absolute Gasteiger partial charge is 0.253 e. The van der Waals surface area contributed by atoms with Crippen molar-refractivity contribution in [2.45, 2.75) is 0 Å². The van der Waals surface area contributed by atoms with Crippen molar-refractivity contribution in [3.8, 4) is 22.4 Å². The predicted molar refractivity (Wildman–Crippen MR) is 94.9 cm³/mol. The standard InChI is InChI=1S/C18H16N6O/c1-24(2)18(25)12-5-3-4-11(6-12)13-7-15-16(14-9-20-21-10-14)22-23-17(15)19-8-13/h3-10H,1-2H3,(H,20,21)(H,19,22,23). The van der Waals surface area contributed by atoms with Crippen LogP contribution in [0.5, 0.6) is 0 Å². The maximum absolute atomic E-state index is 12.2. The zero-order valence-electron chi connectivity index (χ0n) is 13.8. The van der Waals surface area contributed by atoms with Crippen LogP contribution in [-0.2, 0) is 0 Å². The van der Waals surface area contributed by atoms with E-state index in [9.17, 15) is 4.79 Å². The lowest BCUT2D eigenvalue weighted by molar-refractivity contribution is 0.0827. The fraction of sp³-hybridized carbons (Fsp3) is 0.111. The molecule has 4 aromatic rings. The van der Waals surface area contributed by atoms with Crippen molar-refractivity contribution in [3.63, 3.8) is 0 Å². The van der Waals surface area contributed by atoms with Crippen LogP contribution in [-0.4, -0.2) is 50.3 Å². The lowest BCUT2D eigenvalue weighted by Gasteiger charge is -2.11. The van der Waals surface area contributed by atoms with Crippen molar-refractivity contribution >= 4 is 16.9 Å². The van der Waals surface area contributed by atoms with Crippen molar-refractivity contribution < 1.29 is 4.79 Å². The zero-order chi connectivity index (χ0) is 17.4. The molecule has 0 saturated carbocycles. The summed E-state index contributed by atoms with van der Waals surface area (Å²) in [4.78, 5) is 18.2. The third-order valence-electron chi connectivity index (χ3n) is 4.05. The first-order valence-corrected chi connectivity index (χ1v) is 7.79. The van der Waals surface area contributed by atoms with E-state index in [0.717, 1.165) is 27.8 Å². The van der Waals surface area contributed by atoms with Gasteiger partial charge in [0.05, 0.1) is 11.9 Å². The molecule has 0 saturated heterocycles. The van der Waals surface area contributed by atoms with Gasteiger partial charge in [-0.1, -0.05) is 12.1 Å². The first-order valence-electron chi connectivity index (χ1n) is 7.79. The molecule has 0 fully saturated rings. The average Bonchev–Trinajstić information content (AvgIpc) is 3.29. The molecule has 1 amide bonds. The highest BCUT2D eigenvalue weighted by molar-refractivity contribution is 5.96. The van der Waals surface area contributed by atoms with E-state index < -0.39 is 0 Å². The van der Waals surface area contributed by atoms with Gasteiger partial charge < -0.3 is 4.90 Å². The van der Waals surface area contributed by atoms with Gasteiger partial charge >= 0.3 is 0 Å².